The average Bonchev–Trinajstić information content (AvgIpc) is 3.02. The Kier molecular flexibility index (Phi) is 4.10. The summed E-state index contributed by atoms with van der Waals surface area (Å²) >= 11 is 1.99. The number of pyridine rings is 1. The summed E-state index contributed by atoms with van der Waals surface area (Å²) in [6, 6.07) is 0. The highest BCUT2D eigenvalue weighted by molar-refractivity contribution is 14.1. The summed E-state index contributed by atoms with van der Waals surface area (Å²) in [5.41, 5.74) is 0.562. The molecule has 0 saturated carbocycles. The Balaban J connectivity index is 2.14. The molecule has 0 saturated heterocycles. The molecule has 3 aromatic rings. The third-order valence-electron chi connectivity index (χ3n) is 3.31. The maximum Gasteiger partial charge on any atom is 0.420 e. The molecule has 0 aliphatic carbocycles. The van der Waals surface area contributed by atoms with Crippen molar-refractivity contribution in [1.82, 2.24) is 19.3 Å². The van der Waals surface area contributed by atoms with E-state index < -0.39 is 17.5 Å². The standard InChI is InChI=1S/C16H16FIN4O2/c1-16(2,3)24-15(23)22-8-11(18)12-13(17)10(6-19-14(12)22)9-5-20-21(4)7-9/h5-8H,1-4H3. The van der Waals surface area contributed by atoms with Crippen LogP contribution in [0.5, 0.6) is 0 Å². The molecular weight excluding hydrogens is 426 g/mol. The monoisotopic (exact) mass is 442 g/mol. The Hall–Kier alpha value is -1.97. The van der Waals surface area contributed by atoms with Crippen molar-refractivity contribution in [2.45, 2.75) is 26.4 Å². The van der Waals surface area contributed by atoms with Crippen molar-refractivity contribution in [1.29, 1.82) is 0 Å². The summed E-state index contributed by atoms with van der Waals surface area (Å²) < 4.78 is 23.8. The second kappa shape index (κ2) is 5.83. The van der Waals surface area contributed by atoms with Crippen LogP contribution in [0, 0.1) is 9.39 Å². The van der Waals surface area contributed by atoms with Gasteiger partial charge in [-0.2, -0.15) is 5.10 Å². The SMILES string of the molecule is Cn1cc(-c2cnc3c(c(I)cn3C(=O)OC(C)(C)C)c2F)cn1. The Morgan fingerprint density at radius 3 is 2.58 bits per heavy atom. The minimum atomic E-state index is -0.646. The molecule has 0 unspecified atom stereocenters. The second-order valence-electron chi connectivity index (χ2n) is 6.41. The largest absolute Gasteiger partial charge is 0.443 e. The van der Waals surface area contributed by atoms with E-state index in [1.807, 2.05) is 22.6 Å². The van der Waals surface area contributed by atoms with Crippen molar-refractivity contribution >= 4 is 39.7 Å². The molecule has 0 spiro atoms. The molecule has 0 aliphatic rings. The van der Waals surface area contributed by atoms with Crippen LogP contribution >= 0.6 is 22.6 Å². The van der Waals surface area contributed by atoms with Crippen LogP contribution < -0.4 is 0 Å². The molecule has 126 valence electrons. The van der Waals surface area contributed by atoms with E-state index >= 15 is 0 Å². The zero-order valence-corrected chi connectivity index (χ0v) is 15.8. The maximum atomic E-state index is 15.0. The molecule has 6 nitrogen and oxygen atoms in total. The maximum absolute atomic E-state index is 15.0. The average molecular weight is 442 g/mol. The lowest BCUT2D eigenvalue weighted by atomic mass is 10.1. The van der Waals surface area contributed by atoms with Crippen molar-refractivity contribution < 1.29 is 13.9 Å². The summed E-state index contributed by atoms with van der Waals surface area (Å²) in [4.78, 5) is 16.6. The lowest BCUT2D eigenvalue weighted by Gasteiger charge is -2.19. The van der Waals surface area contributed by atoms with Gasteiger partial charge in [0.25, 0.3) is 0 Å². The van der Waals surface area contributed by atoms with E-state index in [0.717, 1.165) is 0 Å². The smallest absolute Gasteiger partial charge is 0.420 e. The van der Waals surface area contributed by atoms with Crippen molar-refractivity contribution in [2.75, 3.05) is 0 Å². The van der Waals surface area contributed by atoms with Crippen LogP contribution in [0.15, 0.2) is 24.8 Å². The first kappa shape index (κ1) is 16.9. The molecule has 0 atom stereocenters. The predicted molar refractivity (Wildman–Crippen MR) is 96.2 cm³/mol. The Labute approximate surface area is 151 Å². The number of carbonyl (C=O) groups excluding carboxylic acids is 1. The van der Waals surface area contributed by atoms with E-state index in [9.17, 15) is 9.18 Å². The summed E-state index contributed by atoms with van der Waals surface area (Å²) in [6.45, 7) is 5.32. The quantitative estimate of drug-likeness (QED) is 0.536. The molecule has 8 heteroatoms. The molecule has 3 heterocycles. The van der Waals surface area contributed by atoms with E-state index in [1.54, 1.807) is 44.9 Å². The number of halogens is 2. The van der Waals surface area contributed by atoms with Gasteiger partial charge in [-0.05, 0) is 43.4 Å². The molecule has 0 aliphatic heterocycles. The fourth-order valence-electron chi connectivity index (χ4n) is 2.32. The van der Waals surface area contributed by atoms with E-state index in [2.05, 4.69) is 10.1 Å². The van der Waals surface area contributed by atoms with Crippen LogP contribution in [0.25, 0.3) is 22.2 Å². The van der Waals surface area contributed by atoms with Crippen LogP contribution in [0.3, 0.4) is 0 Å². The molecule has 0 aromatic carbocycles. The van der Waals surface area contributed by atoms with E-state index in [0.29, 0.717) is 20.1 Å². The zero-order chi connectivity index (χ0) is 17.6. The lowest BCUT2D eigenvalue weighted by molar-refractivity contribution is 0.0543. The van der Waals surface area contributed by atoms with Gasteiger partial charge in [0.1, 0.15) is 11.4 Å². The first-order chi connectivity index (χ1) is 11.2. The fourth-order valence-corrected chi connectivity index (χ4v) is 3.08. The van der Waals surface area contributed by atoms with Crippen molar-refractivity contribution in [3.63, 3.8) is 0 Å². The van der Waals surface area contributed by atoms with Crippen LogP contribution in [-0.4, -0.2) is 31.0 Å². The highest BCUT2D eigenvalue weighted by atomic mass is 127. The van der Waals surface area contributed by atoms with Crippen molar-refractivity contribution in [3.05, 3.63) is 34.2 Å². The van der Waals surface area contributed by atoms with Gasteiger partial charge in [0.15, 0.2) is 5.65 Å². The third kappa shape index (κ3) is 3.02. The molecular formula is C16H16FIN4O2. The van der Waals surface area contributed by atoms with Crippen molar-refractivity contribution in [2.24, 2.45) is 7.05 Å². The molecule has 24 heavy (non-hydrogen) atoms. The van der Waals surface area contributed by atoms with Gasteiger partial charge in [-0.3, -0.25) is 4.68 Å². The van der Waals surface area contributed by atoms with Gasteiger partial charge >= 0.3 is 6.09 Å². The predicted octanol–water partition coefficient (Wildman–Crippen LogP) is 3.96. The Morgan fingerprint density at radius 1 is 1.29 bits per heavy atom. The van der Waals surface area contributed by atoms with Crippen molar-refractivity contribution in [3.8, 4) is 11.1 Å². The molecule has 0 N–H and O–H groups in total. The van der Waals surface area contributed by atoms with Gasteiger partial charge in [-0.25, -0.2) is 18.7 Å². The molecule has 3 aromatic heterocycles. The van der Waals surface area contributed by atoms with E-state index in [1.165, 1.54) is 17.0 Å². The van der Waals surface area contributed by atoms with Crippen LogP contribution in [0.2, 0.25) is 0 Å². The Morgan fingerprint density at radius 2 is 2.00 bits per heavy atom. The first-order valence-corrected chi connectivity index (χ1v) is 8.32. The number of aromatic nitrogens is 4. The number of fused-ring (bicyclic) bond motifs is 1. The molecule has 3 rings (SSSR count). The number of hydrogen-bond donors (Lipinski definition) is 0. The second-order valence-corrected chi connectivity index (χ2v) is 7.58. The number of hydrogen-bond acceptors (Lipinski definition) is 4. The van der Waals surface area contributed by atoms with Gasteiger partial charge in [-0.1, -0.05) is 0 Å². The van der Waals surface area contributed by atoms with Gasteiger partial charge in [-0.15, -0.1) is 0 Å². The lowest BCUT2D eigenvalue weighted by Crippen LogP contribution is -2.26. The fraction of sp³-hybridized carbons (Fsp3) is 0.312. The number of aryl methyl sites for hydroxylation is 1. The van der Waals surface area contributed by atoms with E-state index in [4.69, 9.17) is 4.74 Å². The Bertz CT molecular complexity index is 940. The van der Waals surface area contributed by atoms with Gasteiger partial charge in [0.2, 0.25) is 0 Å². The van der Waals surface area contributed by atoms with Gasteiger partial charge in [0.05, 0.1) is 11.6 Å². The molecule has 0 radical (unpaired) electrons. The van der Waals surface area contributed by atoms with Crippen LogP contribution in [0.4, 0.5) is 9.18 Å². The number of ether oxygens (including phenoxy) is 1. The highest BCUT2D eigenvalue weighted by Gasteiger charge is 2.24. The minimum Gasteiger partial charge on any atom is -0.443 e. The summed E-state index contributed by atoms with van der Waals surface area (Å²) in [5.74, 6) is -0.431. The number of carbonyl (C=O) groups is 1. The van der Waals surface area contributed by atoms with Gasteiger partial charge < -0.3 is 4.74 Å². The molecule has 0 bridgehead atoms. The number of rotatable bonds is 1. The number of nitrogens with zero attached hydrogens (tertiary/aromatic N) is 4. The normalized spacial score (nSPS) is 11.9. The first-order valence-electron chi connectivity index (χ1n) is 7.25. The molecule has 0 fully saturated rings. The summed E-state index contributed by atoms with van der Waals surface area (Å²) in [7, 11) is 1.76. The zero-order valence-electron chi connectivity index (χ0n) is 13.7. The van der Waals surface area contributed by atoms with Crippen LogP contribution in [-0.2, 0) is 11.8 Å². The summed E-state index contributed by atoms with van der Waals surface area (Å²) in [6.07, 6.45) is 5.64. The minimum absolute atomic E-state index is 0.235. The van der Waals surface area contributed by atoms with Gasteiger partial charge in [0, 0.05) is 40.3 Å². The highest BCUT2D eigenvalue weighted by Crippen LogP contribution is 2.31. The van der Waals surface area contributed by atoms with Crippen LogP contribution in [0.1, 0.15) is 20.8 Å². The third-order valence-corrected chi connectivity index (χ3v) is 4.13. The van der Waals surface area contributed by atoms with E-state index in [-0.39, 0.29) is 5.65 Å². The summed E-state index contributed by atoms with van der Waals surface area (Å²) in [5, 5.41) is 4.35. The molecule has 0 amide bonds. The topological polar surface area (TPSA) is 61.9 Å².